The first kappa shape index (κ1) is 39.6. The van der Waals surface area contributed by atoms with Gasteiger partial charge in [0, 0.05) is 42.9 Å². The van der Waals surface area contributed by atoms with E-state index in [1.54, 1.807) is 0 Å². The van der Waals surface area contributed by atoms with Crippen molar-refractivity contribution in [2.75, 3.05) is 0 Å². The zero-order chi connectivity index (χ0) is 45.5. The Morgan fingerprint density at radius 3 is 1.38 bits per heavy atom. The predicted molar refractivity (Wildman–Crippen MR) is 285 cm³/mol. The van der Waals surface area contributed by atoms with Gasteiger partial charge in [-0.15, -0.1) is 0 Å². The second-order valence-electron chi connectivity index (χ2n) is 18.1. The third-order valence-corrected chi connectivity index (χ3v) is 15.5. The van der Waals surface area contributed by atoms with Crippen molar-refractivity contribution in [3.63, 3.8) is 0 Å². The highest BCUT2D eigenvalue weighted by molar-refractivity contribution is 7.99. The van der Waals surface area contributed by atoms with Gasteiger partial charge >= 0.3 is 0 Å². The highest BCUT2D eigenvalue weighted by Crippen LogP contribution is 2.62. The van der Waals surface area contributed by atoms with Crippen molar-refractivity contribution < 1.29 is 0 Å². The SMILES string of the molecule is c1ccc(-c2ccc3c4ccc(-c5ccccc5)cc4n(-c4ccc(-c5cc(-c6ccc7c(c6)-c6ccccc6C76c7ccccc7Sc7ccccc76)nc(-c6ccccc6)n5)cc4)c3c2)cc1. The number of fused-ring (bicyclic) bond motifs is 12. The fourth-order valence-electron chi connectivity index (χ4n) is 11.2. The lowest BCUT2D eigenvalue weighted by molar-refractivity contribution is 0.722. The summed E-state index contributed by atoms with van der Waals surface area (Å²) >= 11 is 1.87. The maximum absolute atomic E-state index is 5.33. The van der Waals surface area contributed by atoms with Crippen LogP contribution in [0.4, 0.5) is 0 Å². The molecule has 0 unspecified atom stereocenters. The second-order valence-corrected chi connectivity index (χ2v) is 19.1. The van der Waals surface area contributed by atoms with Crippen molar-refractivity contribution in [1.29, 1.82) is 0 Å². The minimum atomic E-state index is -0.431. The lowest BCUT2D eigenvalue weighted by Crippen LogP contribution is -2.31. The molecule has 1 spiro atoms. The number of nitrogens with zero attached hydrogens (tertiary/aromatic N) is 3. The first-order chi connectivity index (χ1) is 34.2. The lowest BCUT2D eigenvalue weighted by atomic mass is 9.67. The molecule has 69 heavy (non-hydrogen) atoms. The summed E-state index contributed by atoms with van der Waals surface area (Å²) < 4.78 is 2.42. The van der Waals surface area contributed by atoms with Crippen LogP contribution >= 0.6 is 11.8 Å². The normalized spacial score (nSPS) is 13.0. The van der Waals surface area contributed by atoms with Crippen LogP contribution in [0.15, 0.2) is 259 Å². The van der Waals surface area contributed by atoms with Gasteiger partial charge in [-0.25, -0.2) is 9.97 Å². The van der Waals surface area contributed by atoms with Gasteiger partial charge < -0.3 is 4.57 Å². The van der Waals surface area contributed by atoms with E-state index in [0.29, 0.717) is 5.82 Å². The minimum absolute atomic E-state index is 0.431. The van der Waals surface area contributed by atoms with Gasteiger partial charge in [-0.3, -0.25) is 0 Å². The highest BCUT2D eigenvalue weighted by Gasteiger charge is 2.50. The number of hydrogen-bond acceptors (Lipinski definition) is 3. The molecule has 1 aliphatic carbocycles. The van der Waals surface area contributed by atoms with E-state index in [0.717, 1.165) is 33.8 Å². The van der Waals surface area contributed by atoms with E-state index in [2.05, 4.69) is 247 Å². The predicted octanol–water partition coefficient (Wildman–Crippen LogP) is 16.7. The molecule has 322 valence electrons. The Kier molecular flexibility index (Phi) is 9.05. The van der Waals surface area contributed by atoms with Gasteiger partial charge in [0.15, 0.2) is 5.82 Å². The first-order valence-corrected chi connectivity index (χ1v) is 24.4. The van der Waals surface area contributed by atoms with E-state index >= 15 is 0 Å². The summed E-state index contributed by atoms with van der Waals surface area (Å²) in [6.45, 7) is 0. The Labute approximate surface area is 405 Å². The number of hydrogen-bond donors (Lipinski definition) is 0. The van der Waals surface area contributed by atoms with Crippen molar-refractivity contribution in [3.05, 3.63) is 271 Å². The van der Waals surface area contributed by atoms with Gasteiger partial charge in [0.25, 0.3) is 0 Å². The summed E-state index contributed by atoms with van der Waals surface area (Å²) in [4.78, 5) is 13.2. The molecule has 4 heteroatoms. The van der Waals surface area contributed by atoms with E-state index in [9.17, 15) is 0 Å². The smallest absolute Gasteiger partial charge is 0.160 e. The van der Waals surface area contributed by atoms with Crippen LogP contribution in [0, 0.1) is 0 Å². The van der Waals surface area contributed by atoms with Crippen molar-refractivity contribution >= 4 is 33.6 Å². The molecule has 0 atom stereocenters. The van der Waals surface area contributed by atoms with Crippen LogP contribution in [0.1, 0.15) is 22.3 Å². The molecule has 14 rings (SSSR count). The van der Waals surface area contributed by atoms with Gasteiger partial charge in [0.2, 0.25) is 0 Å². The zero-order valence-corrected chi connectivity index (χ0v) is 38.2. The molecule has 0 N–H and O–H groups in total. The molecule has 2 aromatic heterocycles. The summed E-state index contributed by atoms with van der Waals surface area (Å²) in [5.41, 5.74) is 20.3. The van der Waals surface area contributed by atoms with E-state index in [1.165, 1.54) is 87.2 Å². The van der Waals surface area contributed by atoms with Crippen molar-refractivity contribution in [3.8, 4) is 73.0 Å². The van der Waals surface area contributed by atoms with Crippen LogP contribution < -0.4 is 0 Å². The molecule has 3 heterocycles. The van der Waals surface area contributed by atoms with E-state index < -0.39 is 5.41 Å². The molecular formula is C65H41N3S. The first-order valence-electron chi connectivity index (χ1n) is 23.6. The van der Waals surface area contributed by atoms with Crippen LogP contribution in [0.2, 0.25) is 0 Å². The maximum Gasteiger partial charge on any atom is 0.160 e. The number of rotatable bonds is 6. The molecular weight excluding hydrogens is 855 g/mol. The van der Waals surface area contributed by atoms with E-state index in [1.807, 2.05) is 17.8 Å². The monoisotopic (exact) mass is 895 g/mol. The van der Waals surface area contributed by atoms with Crippen molar-refractivity contribution in [1.82, 2.24) is 14.5 Å². The molecule has 0 amide bonds. The number of benzene rings is 10. The van der Waals surface area contributed by atoms with Crippen LogP contribution in [0.5, 0.6) is 0 Å². The molecule has 0 radical (unpaired) electrons. The van der Waals surface area contributed by atoms with Crippen LogP contribution in [0.25, 0.3) is 94.8 Å². The topological polar surface area (TPSA) is 30.7 Å². The van der Waals surface area contributed by atoms with Gasteiger partial charge in [0.05, 0.1) is 27.8 Å². The average molecular weight is 896 g/mol. The Bertz CT molecular complexity index is 3830. The molecule has 0 saturated heterocycles. The fraction of sp³-hybridized carbons (Fsp3) is 0.0154. The molecule has 12 aromatic rings. The lowest BCUT2D eigenvalue weighted by Gasteiger charge is -2.39. The molecule has 0 bridgehead atoms. The summed E-state index contributed by atoms with van der Waals surface area (Å²) in [6.07, 6.45) is 0. The molecule has 3 nitrogen and oxygen atoms in total. The summed E-state index contributed by atoms with van der Waals surface area (Å²) in [5.74, 6) is 0.695. The average Bonchev–Trinajstić information content (AvgIpc) is 3.91. The van der Waals surface area contributed by atoms with Gasteiger partial charge in [-0.2, -0.15) is 0 Å². The molecule has 10 aromatic carbocycles. The Hall–Kier alpha value is -8.57. The van der Waals surface area contributed by atoms with Gasteiger partial charge in [-0.05, 0) is 104 Å². The highest BCUT2D eigenvalue weighted by atomic mass is 32.2. The van der Waals surface area contributed by atoms with Crippen molar-refractivity contribution in [2.24, 2.45) is 0 Å². The standard InChI is InChI=1S/C65H41N3S/c1-4-16-42(17-5-1)46-30-35-51-52-36-31-47(43-18-6-2-7-19-43)40-61(52)68(60(51)39-46)49-33-28-44(29-34-49)58-41-59(67-64(66-58)45-20-8-3-9-21-45)48-32-37-55-53(38-48)50-22-10-11-23-54(50)65(55)56-24-12-14-26-62(56)69-63-27-15-13-25-57(63)65/h1-41H. The van der Waals surface area contributed by atoms with Crippen LogP contribution in [-0.2, 0) is 5.41 Å². The molecule has 1 aliphatic heterocycles. The van der Waals surface area contributed by atoms with Crippen LogP contribution in [0.3, 0.4) is 0 Å². The summed E-state index contributed by atoms with van der Waals surface area (Å²) in [7, 11) is 0. The van der Waals surface area contributed by atoms with E-state index in [4.69, 9.17) is 9.97 Å². The minimum Gasteiger partial charge on any atom is -0.309 e. The maximum atomic E-state index is 5.33. The summed E-state index contributed by atoms with van der Waals surface area (Å²) in [5, 5.41) is 2.44. The molecule has 0 fully saturated rings. The summed E-state index contributed by atoms with van der Waals surface area (Å²) in [6, 6.07) is 90.4. The third kappa shape index (κ3) is 6.23. The Balaban J connectivity index is 0.922. The molecule has 0 saturated carbocycles. The zero-order valence-electron chi connectivity index (χ0n) is 37.4. The van der Waals surface area contributed by atoms with Crippen molar-refractivity contribution in [2.45, 2.75) is 15.2 Å². The number of aromatic nitrogens is 3. The Morgan fingerprint density at radius 1 is 0.319 bits per heavy atom. The van der Waals surface area contributed by atoms with E-state index in [-0.39, 0.29) is 0 Å². The molecule has 2 aliphatic rings. The van der Waals surface area contributed by atoms with Crippen LogP contribution in [-0.4, -0.2) is 14.5 Å². The second kappa shape index (κ2) is 15.8. The quantitative estimate of drug-likeness (QED) is 0.167. The largest absolute Gasteiger partial charge is 0.309 e. The Morgan fingerprint density at radius 2 is 0.783 bits per heavy atom. The fourth-order valence-corrected chi connectivity index (χ4v) is 12.4. The third-order valence-electron chi connectivity index (χ3n) is 14.3. The van der Waals surface area contributed by atoms with Gasteiger partial charge in [0.1, 0.15) is 0 Å². The van der Waals surface area contributed by atoms with Gasteiger partial charge in [-0.1, -0.05) is 212 Å².